The Bertz CT molecular complexity index is 1100. The predicted molar refractivity (Wildman–Crippen MR) is 138 cm³/mol. The molecule has 0 spiro atoms. The smallest absolute Gasteiger partial charge is 0.255 e. The van der Waals surface area contributed by atoms with Crippen LogP contribution in [-0.2, 0) is 16.1 Å². The van der Waals surface area contributed by atoms with Gasteiger partial charge in [0.25, 0.3) is 5.91 Å². The van der Waals surface area contributed by atoms with Crippen molar-refractivity contribution in [2.24, 2.45) is 11.8 Å². The molecule has 6 rings (SSSR count). The quantitative estimate of drug-likeness (QED) is 0.696. The Morgan fingerprint density at radius 2 is 1.89 bits per heavy atom. The lowest BCUT2D eigenvalue weighted by molar-refractivity contribution is -0.142. The van der Waals surface area contributed by atoms with Crippen LogP contribution in [0.3, 0.4) is 0 Å². The summed E-state index contributed by atoms with van der Waals surface area (Å²) < 4.78 is 5.44. The average Bonchev–Trinajstić information content (AvgIpc) is 2.93. The molecule has 1 aromatic carbocycles. The van der Waals surface area contributed by atoms with Gasteiger partial charge in [0.1, 0.15) is 5.82 Å². The number of ether oxygens (including phenoxy) is 1. The molecule has 2 aromatic rings. The number of carbonyl (C=O) groups is 2. The number of hydrogen-bond acceptors (Lipinski definition) is 6. The van der Waals surface area contributed by atoms with Crippen molar-refractivity contribution in [3.63, 3.8) is 0 Å². The minimum Gasteiger partial charge on any atom is -0.378 e. The number of benzene rings is 1. The second-order valence-electron chi connectivity index (χ2n) is 10.6. The molecule has 8 nitrogen and oxygen atoms in total. The van der Waals surface area contributed by atoms with Crippen LogP contribution in [0.2, 0.25) is 0 Å². The van der Waals surface area contributed by atoms with Crippen LogP contribution in [-0.4, -0.2) is 73.7 Å². The summed E-state index contributed by atoms with van der Waals surface area (Å²) in [6.45, 7) is 6.35. The molecule has 1 aromatic heterocycles. The largest absolute Gasteiger partial charge is 0.378 e. The molecule has 0 saturated carbocycles. The summed E-state index contributed by atoms with van der Waals surface area (Å²) in [6, 6.07) is 12.5. The summed E-state index contributed by atoms with van der Waals surface area (Å²) in [7, 11) is 0. The van der Waals surface area contributed by atoms with Gasteiger partial charge < -0.3 is 24.8 Å². The zero-order valence-corrected chi connectivity index (χ0v) is 20.8. The highest BCUT2D eigenvalue weighted by Gasteiger charge is 2.44. The second-order valence-corrected chi connectivity index (χ2v) is 10.6. The van der Waals surface area contributed by atoms with Crippen molar-refractivity contribution >= 4 is 23.3 Å². The Kier molecular flexibility index (Phi) is 6.52. The average molecular weight is 490 g/mol. The normalized spacial score (nSPS) is 25.9. The number of rotatable bonds is 5. The first-order valence-corrected chi connectivity index (χ1v) is 13.3. The molecule has 0 radical (unpaired) electrons. The van der Waals surface area contributed by atoms with E-state index in [2.05, 4.69) is 49.3 Å². The highest BCUT2D eigenvalue weighted by atomic mass is 16.5. The number of nitrogens with zero attached hydrogens (tertiary/aromatic N) is 4. The number of fused-ring (bicyclic) bond motifs is 4. The maximum absolute atomic E-state index is 13.3. The fourth-order valence-corrected chi connectivity index (χ4v) is 6.53. The third-order valence-electron chi connectivity index (χ3n) is 8.28. The van der Waals surface area contributed by atoms with Crippen LogP contribution in [0.5, 0.6) is 0 Å². The van der Waals surface area contributed by atoms with Crippen LogP contribution in [0.1, 0.15) is 41.6 Å². The lowest BCUT2D eigenvalue weighted by atomic mass is 9.76. The first-order chi connectivity index (χ1) is 17.7. The predicted octanol–water partition coefficient (Wildman–Crippen LogP) is 2.69. The molecule has 5 heterocycles. The number of anilines is 2. The van der Waals surface area contributed by atoms with Gasteiger partial charge in [-0.1, -0.05) is 12.1 Å². The van der Waals surface area contributed by atoms with Crippen LogP contribution < -0.4 is 15.1 Å². The Morgan fingerprint density at radius 3 is 2.72 bits per heavy atom. The van der Waals surface area contributed by atoms with E-state index in [-0.39, 0.29) is 5.91 Å². The fraction of sp³-hybridized carbons (Fsp3) is 0.536. The number of hydrogen-bond donors (Lipinski definition) is 1. The molecule has 4 fully saturated rings. The molecule has 190 valence electrons. The minimum atomic E-state index is -0.0967. The molecule has 4 saturated heterocycles. The maximum Gasteiger partial charge on any atom is 0.255 e. The standard InChI is InChI=1S/C28H35N5O3/c34-26-5-1-4-25-22-15-21(18-33(25)26)17-32(19-22)27-24(3-2-10-29-27)28(35)30-16-20-6-8-23(9-7-20)31-11-13-36-14-12-31/h2-3,6-10,21-22,25H,1,4-5,11-19H2,(H,30,35)/t21-,22-,25-/m1/s1. The highest BCUT2D eigenvalue weighted by Crippen LogP contribution is 2.39. The van der Waals surface area contributed by atoms with Gasteiger partial charge in [0.05, 0.1) is 18.8 Å². The number of nitrogens with one attached hydrogen (secondary N) is 1. The number of amides is 2. The van der Waals surface area contributed by atoms with Crippen LogP contribution in [0.15, 0.2) is 42.6 Å². The van der Waals surface area contributed by atoms with E-state index in [1.54, 1.807) is 6.20 Å². The van der Waals surface area contributed by atoms with Crippen molar-refractivity contribution < 1.29 is 14.3 Å². The zero-order valence-electron chi connectivity index (χ0n) is 20.8. The van der Waals surface area contributed by atoms with Crippen LogP contribution in [0, 0.1) is 11.8 Å². The number of aromatic nitrogens is 1. The molecule has 2 amide bonds. The van der Waals surface area contributed by atoms with E-state index in [1.807, 2.05) is 12.1 Å². The summed E-state index contributed by atoms with van der Waals surface area (Å²) >= 11 is 0. The molecule has 0 unspecified atom stereocenters. The summed E-state index contributed by atoms with van der Waals surface area (Å²) in [5.41, 5.74) is 2.89. The molecule has 1 N–H and O–H groups in total. The molecule has 2 bridgehead atoms. The van der Waals surface area contributed by atoms with E-state index in [0.29, 0.717) is 42.3 Å². The topological polar surface area (TPSA) is 78.0 Å². The summed E-state index contributed by atoms with van der Waals surface area (Å²) in [6.07, 6.45) is 5.72. The fourth-order valence-electron chi connectivity index (χ4n) is 6.53. The number of pyridine rings is 1. The third-order valence-corrected chi connectivity index (χ3v) is 8.28. The van der Waals surface area contributed by atoms with Crippen molar-refractivity contribution in [1.29, 1.82) is 0 Å². The third kappa shape index (κ3) is 4.66. The lowest BCUT2D eigenvalue weighted by Gasteiger charge is -2.52. The summed E-state index contributed by atoms with van der Waals surface area (Å²) in [5.74, 6) is 1.88. The first kappa shape index (κ1) is 23.3. The van der Waals surface area contributed by atoms with E-state index >= 15 is 0 Å². The van der Waals surface area contributed by atoms with Gasteiger partial charge in [0, 0.05) is 63.6 Å². The number of piperidine rings is 3. The lowest BCUT2D eigenvalue weighted by Crippen LogP contribution is -2.60. The van der Waals surface area contributed by atoms with Crippen molar-refractivity contribution in [3.05, 3.63) is 53.7 Å². The second kappa shape index (κ2) is 10.1. The van der Waals surface area contributed by atoms with E-state index < -0.39 is 0 Å². The van der Waals surface area contributed by atoms with Gasteiger partial charge in [0.15, 0.2) is 0 Å². The van der Waals surface area contributed by atoms with E-state index in [1.165, 1.54) is 12.1 Å². The van der Waals surface area contributed by atoms with Gasteiger partial charge in [-0.2, -0.15) is 0 Å². The van der Waals surface area contributed by atoms with Gasteiger partial charge in [0.2, 0.25) is 5.91 Å². The van der Waals surface area contributed by atoms with Crippen molar-refractivity contribution in [2.45, 2.75) is 38.3 Å². The Morgan fingerprint density at radius 1 is 1.06 bits per heavy atom. The molecule has 8 heteroatoms. The van der Waals surface area contributed by atoms with Crippen LogP contribution in [0.4, 0.5) is 11.5 Å². The van der Waals surface area contributed by atoms with Gasteiger partial charge in [-0.25, -0.2) is 4.98 Å². The van der Waals surface area contributed by atoms with Crippen molar-refractivity contribution in [3.8, 4) is 0 Å². The SMILES string of the molecule is O=C(NCc1ccc(N2CCOCC2)cc1)c1cccnc1N1C[C@H]2C[C@H](C1)[C@H]1CCCC(=O)N1C2. The molecule has 3 atom stereocenters. The van der Waals surface area contributed by atoms with E-state index in [9.17, 15) is 9.59 Å². The van der Waals surface area contributed by atoms with E-state index in [4.69, 9.17) is 4.74 Å². The Labute approximate surface area is 212 Å². The molecular weight excluding hydrogens is 454 g/mol. The Hall–Kier alpha value is -3.13. The van der Waals surface area contributed by atoms with Crippen LogP contribution >= 0.6 is 0 Å². The van der Waals surface area contributed by atoms with Crippen molar-refractivity contribution in [2.75, 3.05) is 55.7 Å². The van der Waals surface area contributed by atoms with Gasteiger partial charge in [-0.05, 0) is 60.9 Å². The molecule has 0 aliphatic carbocycles. The van der Waals surface area contributed by atoms with Gasteiger partial charge in [-0.15, -0.1) is 0 Å². The minimum absolute atomic E-state index is 0.0967. The van der Waals surface area contributed by atoms with E-state index in [0.717, 1.165) is 70.2 Å². The maximum atomic E-state index is 13.3. The monoisotopic (exact) mass is 489 g/mol. The van der Waals surface area contributed by atoms with Gasteiger partial charge >= 0.3 is 0 Å². The number of carbonyl (C=O) groups excluding carboxylic acids is 2. The molecular formula is C28H35N5O3. The Balaban J connectivity index is 1.12. The molecule has 36 heavy (non-hydrogen) atoms. The summed E-state index contributed by atoms with van der Waals surface area (Å²) in [4.78, 5) is 37.2. The molecule has 4 aliphatic heterocycles. The first-order valence-electron chi connectivity index (χ1n) is 13.3. The van der Waals surface area contributed by atoms with Crippen molar-refractivity contribution in [1.82, 2.24) is 15.2 Å². The highest BCUT2D eigenvalue weighted by molar-refractivity contribution is 5.98. The number of morpholine rings is 1. The zero-order chi connectivity index (χ0) is 24.5. The molecule has 4 aliphatic rings. The van der Waals surface area contributed by atoms with Gasteiger partial charge in [-0.3, -0.25) is 9.59 Å². The summed E-state index contributed by atoms with van der Waals surface area (Å²) in [5, 5.41) is 3.10. The van der Waals surface area contributed by atoms with Crippen LogP contribution in [0.25, 0.3) is 0 Å².